The summed E-state index contributed by atoms with van der Waals surface area (Å²) >= 11 is 5.89. The van der Waals surface area contributed by atoms with E-state index in [1.165, 1.54) is 0 Å². The Morgan fingerprint density at radius 2 is 2.20 bits per heavy atom. The third kappa shape index (κ3) is 2.08. The van der Waals surface area contributed by atoms with Crippen LogP contribution in [0, 0.1) is 0 Å². The molecule has 2 aromatic heterocycles. The predicted molar refractivity (Wildman–Crippen MR) is 58.1 cm³/mol. The summed E-state index contributed by atoms with van der Waals surface area (Å²) in [5, 5.41) is 8.48. The summed E-state index contributed by atoms with van der Waals surface area (Å²) in [4.78, 5) is 6.05. The Labute approximate surface area is 92.7 Å². The van der Waals surface area contributed by atoms with E-state index >= 15 is 0 Å². The van der Waals surface area contributed by atoms with Crippen molar-refractivity contribution in [3.63, 3.8) is 0 Å². The van der Waals surface area contributed by atoms with E-state index in [0.717, 1.165) is 18.8 Å². The molecule has 0 aromatic carbocycles. The molecule has 6 heteroatoms. The van der Waals surface area contributed by atoms with Crippen LogP contribution in [0.2, 0.25) is 5.15 Å². The summed E-state index contributed by atoms with van der Waals surface area (Å²) < 4.78 is 1.87. The predicted octanol–water partition coefficient (Wildman–Crippen LogP) is 0.882. The minimum atomic E-state index is 0.390. The van der Waals surface area contributed by atoms with Crippen molar-refractivity contribution < 1.29 is 0 Å². The van der Waals surface area contributed by atoms with Crippen molar-refractivity contribution in [3.8, 4) is 0 Å². The maximum absolute atomic E-state index is 5.89. The number of rotatable bonds is 3. The fraction of sp³-hybridized carbons (Fsp3) is 0.444. The van der Waals surface area contributed by atoms with Crippen molar-refractivity contribution in [2.24, 2.45) is 0 Å². The van der Waals surface area contributed by atoms with E-state index < -0.39 is 0 Å². The highest BCUT2D eigenvalue weighted by atomic mass is 35.5. The molecule has 0 N–H and O–H groups in total. The first kappa shape index (κ1) is 10.3. The lowest BCUT2D eigenvalue weighted by Gasteiger charge is -2.07. The zero-order valence-electron chi connectivity index (χ0n) is 8.68. The minimum Gasteiger partial charge on any atom is -0.309 e. The molecule has 0 radical (unpaired) electrons. The first-order valence-electron chi connectivity index (χ1n) is 4.67. The Morgan fingerprint density at radius 1 is 1.40 bits per heavy atom. The van der Waals surface area contributed by atoms with Crippen LogP contribution in [-0.4, -0.2) is 45.1 Å². The fourth-order valence-corrected chi connectivity index (χ4v) is 1.52. The Balaban J connectivity index is 2.33. The van der Waals surface area contributed by atoms with Gasteiger partial charge in [-0.3, -0.25) is 4.40 Å². The number of nitrogens with zero attached hydrogens (tertiary/aromatic N) is 5. The summed E-state index contributed by atoms with van der Waals surface area (Å²) in [6, 6.07) is 0. The number of halogens is 1. The number of likely N-dealkylation sites (N-methyl/N-ethyl adjacent to an activating group) is 1. The highest BCUT2D eigenvalue weighted by Crippen LogP contribution is 2.12. The van der Waals surface area contributed by atoms with Crippen LogP contribution in [0.4, 0.5) is 0 Å². The lowest BCUT2D eigenvalue weighted by Crippen LogP contribution is -2.16. The molecule has 0 aliphatic carbocycles. The third-order valence-electron chi connectivity index (χ3n) is 2.14. The van der Waals surface area contributed by atoms with Crippen LogP contribution in [-0.2, 0) is 6.42 Å². The van der Waals surface area contributed by atoms with Crippen molar-refractivity contribution in [2.75, 3.05) is 20.6 Å². The van der Waals surface area contributed by atoms with E-state index in [0.29, 0.717) is 10.8 Å². The van der Waals surface area contributed by atoms with Crippen LogP contribution in [0.5, 0.6) is 0 Å². The first-order chi connectivity index (χ1) is 7.18. The molecular weight excluding hydrogens is 214 g/mol. The van der Waals surface area contributed by atoms with Crippen molar-refractivity contribution in [2.45, 2.75) is 6.42 Å². The topological polar surface area (TPSA) is 46.3 Å². The Morgan fingerprint density at radius 3 is 2.93 bits per heavy atom. The van der Waals surface area contributed by atoms with Gasteiger partial charge < -0.3 is 4.90 Å². The molecule has 0 atom stereocenters. The van der Waals surface area contributed by atoms with E-state index in [-0.39, 0.29) is 0 Å². The van der Waals surface area contributed by atoms with Crippen LogP contribution in [0.1, 0.15) is 5.82 Å². The van der Waals surface area contributed by atoms with Crippen LogP contribution < -0.4 is 0 Å². The minimum absolute atomic E-state index is 0.390. The molecule has 5 nitrogen and oxygen atoms in total. The summed E-state index contributed by atoms with van der Waals surface area (Å²) in [5.74, 6) is 0.906. The molecule has 2 rings (SSSR count). The molecule has 0 saturated carbocycles. The average molecular weight is 226 g/mol. The number of fused-ring (bicyclic) bond motifs is 1. The van der Waals surface area contributed by atoms with Crippen LogP contribution >= 0.6 is 11.6 Å². The zero-order chi connectivity index (χ0) is 10.8. The quantitative estimate of drug-likeness (QED) is 0.778. The second kappa shape index (κ2) is 4.12. The Hall–Kier alpha value is -1.20. The van der Waals surface area contributed by atoms with Gasteiger partial charge in [0.05, 0.1) is 0 Å². The molecule has 0 fully saturated rings. The van der Waals surface area contributed by atoms with E-state index in [2.05, 4.69) is 20.1 Å². The van der Waals surface area contributed by atoms with Crippen molar-refractivity contribution in [1.82, 2.24) is 24.5 Å². The van der Waals surface area contributed by atoms with Gasteiger partial charge in [0.2, 0.25) is 0 Å². The van der Waals surface area contributed by atoms with Gasteiger partial charge in [-0.2, -0.15) is 0 Å². The molecule has 0 spiro atoms. The lowest BCUT2D eigenvalue weighted by atomic mass is 10.4. The molecule has 0 bridgehead atoms. The number of hydrogen-bond donors (Lipinski definition) is 0. The van der Waals surface area contributed by atoms with Crippen LogP contribution in [0.3, 0.4) is 0 Å². The van der Waals surface area contributed by atoms with E-state index in [4.69, 9.17) is 11.6 Å². The Bertz CT molecular complexity index is 464. The highest BCUT2D eigenvalue weighted by Gasteiger charge is 2.08. The average Bonchev–Trinajstić information content (AvgIpc) is 2.59. The second-order valence-corrected chi connectivity index (χ2v) is 3.94. The zero-order valence-corrected chi connectivity index (χ0v) is 9.44. The summed E-state index contributed by atoms with van der Waals surface area (Å²) in [6.45, 7) is 0.931. The van der Waals surface area contributed by atoms with Crippen LogP contribution in [0.25, 0.3) is 5.65 Å². The van der Waals surface area contributed by atoms with Crippen LogP contribution in [0.15, 0.2) is 12.4 Å². The molecule has 2 aromatic rings. The van der Waals surface area contributed by atoms with Crippen molar-refractivity contribution in [3.05, 3.63) is 23.4 Å². The molecule has 0 amide bonds. The molecule has 0 aliphatic rings. The van der Waals surface area contributed by atoms with Gasteiger partial charge in [-0.15, -0.1) is 10.2 Å². The van der Waals surface area contributed by atoms with Gasteiger partial charge in [0.1, 0.15) is 5.82 Å². The maximum atomic E-state index is 5.89. The maximum Gasteiger partial charge on any atom is 0.198 e. The van der Waals surface area contributed by atoms with Gasteiger partial charge in [0, 0.05) is 25.4 Å². The summed E-state index contributed by atoms with van der Waals surface area (Å²) in [6.07, 6.45) is 4.32. The second-order valence-electron chi connectivity index (χ2n) is 3.58. The molecule has 15 heavy (non-hydrogen) atoms. The molecular formula is C9H12ClN5. The lowest BCUT2D eigenvalue weighted by molar-refractivity contribution is 0.409. The highest BCUT2D eigenvalue weighted by molar-refractivity contribution is 6.32. The van der Waals surface area contributed by atoms with E-state index in [9.17, 15) is 0 Å². The van der Waals surface area contributed by atoms with Gasteiger partial charge >= 0.3 is 0 Å². The summed E-state index contributed by atoms with van der Waals surface area (Å²) in [5.41, 5.74) is 0.618. The monoisotopic (exact) mass is 225 g/mol. The van der Waals surface area contributed by atoms with Gasteiger partial charge in [0.25, 0.3) is 0 Å². The standard InChI is InChI=1S/C9H12ClN5/c1-14(2)5-3-7-12-13-9-8(10)11-4-6-15(7)9/h4,6H,3,5H2,1-2H3. The van der Waals surface area contributed by atoms with E-state index in [1.807, 2.05) is 24.7 Å². The first-order valence-corrected chi connectivity index (χ1v) is 5.05. The molecule has 0 unspecified atom stereocenters. The van der Waals surface area contributed by atoms with Gasteiger partial charge in [-0.1, -0.05) is 11.6 Å². The van der Waals surface area contributed by atoms with Crippen molar-refractivity contribution in [1.29, 1.82) is 0 Å². The van der Waals surface area contributed by atoms with Gasteiger partial charge in [-0.25, -0.2) is 4.98 Å². The number of aromatic nitrogens is 4. The van der Waals surface area contributed by atoms with Gasteiger partial charge in [-0.05, 0) is 14.1 Å². The smallest absolute Gasteiger partial charge is 0.198 e. The molecule has 0 saturated heterocycles. The number of hydrogen-bond acceptors (Lipinski definition) is 4. The fourth-order valence-electron chi connectivity index (χ4n) is 1.34. The normalized spacial score (nSPS) is 11.5. The third-order valence-corrected chi connectivity index (χ3v) is 2.40. The van der Waals surface area contributed by atoms with Gasteiger partial charge in [0.15, 0.2) is 10.8 Å². The SMILES string of the molecule is CN(C)CCc1nnc2c(Cl)nccn12. The largest absolute Gasteiger partial charge is 0.309 e. The van der Waals surface area contributed by atoms with Crippen molar-refractivity contribution >= 4 is 17.2 Å². The molecule has 0 aliphatic heterocycles. The molecule has 2 heterocycles. The molecule has 80 valence electrons. The van der Waals surface area contributed by atoms with E-state index in [1.54, 1.807) is 6.20 Å². The summed E-state index contributed by atoms with van der Waals surface area (Å²) in [7, 11) is 4.05. The Kier molecular flexibility index (Phi) is 2.83.